The number of hydrogen-bond donors (Lipinski definition) is 3. The number of hydrazone groups is 1. The molecule has 0 atom stereocenters. The van der Waals surface area contributed by atoms with Crippen LogP contribution in [0.15, 0.2) is 58.8 Å². The number of carbonyl (C=O) groups excluding carboxylic acids is 1. The van der Waals surface area contributed by atoms with Gasteiger partial charge in [-0.15, -0.1) is 10.2 Å². The van der Waals surface area contributed by atoms with Crippen LogP contribution in [0.5, 0.6) is 5.75 Å². The van der Waals surface area contributed by atoms with Crippen molar-refractivity contribution in [3.63, 3.8) is 0 Å². The summed E-state index contributed by atoms with van der Waals surface area (Å²) in [6.45, 7) is 0. The van der Waals surface area contributed by atoms with Crippen LogP contribution in [0.4, 0.5) is 11.1 Å². The Morgan fingerprint density at radius 3 is 2.84 bits per heavy atom. The zero-order chi connectivity index (χ0) is 21.6. The number of thiazole rings is 1. The maximum Gasteiger partial charge on any atom is 0.264 e. The van der Waals surface area contributed by atoms with E-state index in [0.29, 0.717) is 10.3 Å². The zero-order valence-electron chi connectivity index (χ0n) is 16.3. The van der Waals surface area contributed by atoms with Crippen LogP contribution in [0.1, 0.15) is 5.56 Å². The van der Waals surface area contributed by atoms with Gasteiger partial charge in [0.15, 0.2) is 5.13 Å². The fourth-order valence-corrected chi connectivity index (χ4v) is 4.06. The second kappa shape index (κ2) is 9.45. The summed E-state index contributed by atoms with van der Waals surface area (Å²) in [4.78, 5) is 16.6. The Balaban J connectivity index is 1.30. The molecule has 0 aliphatic heterocycles. The Labute approximate surface area is 185 Å². The number of ether oxygens (including phenoxy) is 1. The number of benzene rings is 2. The average molecular weight is 455 g/mol. The number of nitrogens with one attached hydrogen (secondary N) is 2. The van der Waals surface area contributed by atoms with Crippen LogP contribution in [0.25, 0.3) is 10.2 Å². The van der Waals surface area contributed by atoms with E-state index in [1.54, 1.807) is 13.3 Å². The van der Waals surface area contributed by atoms with Gasteiger partial charge in [0.05, 0.1) is 29.3 Å². The highest BCUT2D eigenvalue weighted by Gasteiger charge is 2.13. The molecule has 10 nitrogen and oxygen atoms in total. The summed E-state index contributed by atoms with van der Waals surface area (Å²) in [6.07, 6.45) is 1.62. The largest absolute Gasteiger partial charge is 0.497 e. The number of hydrogen-bond acceptors (Lipinski definition) is 10. The molecule has 2 heterocycles. The third kappa shape index (κ3) is 5.10. The summed E-state index contributed by atoms with van der Waals surface area (Å²) in [5.41, 5.74) is 4.46. The van der Waals surface area contributed by atoms with Gasteiger partial charge in [-0.1, -0.05) is 35.2 Å². The van der Waals surface area contributed by atoms with Crippen LogP contribution < -0.4 is 21.3 Å². The molecule has 1 amide bonds. The highest BCUT2D eigenvalue weighted by molar-refractivity contribution is 7.99. The van der Waals surface area contributed by atoms with Crippen molar-refractivity contribution in [2.24, 2.45) is 5.10 Å². The lowest BCUT2D eigenvalue weighted by atomic mass is 10.2. The van der Waals surface area contributed by atoms with E-state index in [9.17, 15) is 4.79 Å². The molecular weight excluding hydrogens is 436 g/mol. The third-order valence-electron chi connectivity index (χ3n) is 4.03. The monoisotopic (exact) mass is 454 g/mol. The highest BCUT2D eigenvalue weighted by atomic mass is 32.2. The van der Waals surface area contributed by atoms with Crippen LogP contribution in [-0.4, -0.2) is 44.8 Å². The molecule has 0 aliphatic rings. The normalized spacial score (nSPS) is 11.1. The van der Waals surface area contributed by atoms with Gasteiger partial charge in [-0.3, -0.25) is 4.79 Å². The smallest absolute Gasteiger partial charge is 0.264 e. The molecule has 0 unspecified atom stereocenters. The van der Waals surface area contributed by atoms with Gasteiger partial charge in [0, 0.05) is 0 Å². The molecule has 0 fully saturated rings. The van der Waals surface area contributed by atoms with Gasteiger partial charge in [0.2, 0.25) is 11.1 Å². The van der Waals surface area contributed by atoms with Gasteiger partial charge < -0.3 is 15.9 Å². The van der Waals surface area contributed by atoms with Crippen LogP contribution in [0, 0.1) is 0 Å². The predicted octanol–water partition coefficient (Wildman–Crippen LogP) is 2.79. The molecule has 4 aromatic rings. The molecule has 0 saturated heterocycles. The maximum atomic E-state index is 12.2. The maximum absolute atomic E-state index is 12.2. The van der Waals surface area contributed by atoms with E-state index in [1.165, 1.54) is 16.0 Å². The second-order valence-corrected chi connectivity index (χ2v) is 8.12. The number of rotatable bonds is 8. The van der Waals surface area contributed by atoms with Crippen molar-refractivity contribution >= 4 is 56.5 Å². The number of methoxy groups -OCH3 is 1. The first kappa shape index (κ1) is 20.6. The fourth-order valence-electron chi connectivity index (χ4n) is 2.52. The molecule has 31 heavy (non-hydrogen) atoms. The predicted molar refractivity (Wildman–Crippen MR) is 123 cm³/mol. The number of amides is 1. The molecule has 12 heteroatoms. The van der Waals surface area contributed by atoms with Crippen molar-refractivity contribution < 1.29 is 9.53 Å². The van der Waals surface area contributed by atoms with Gasteiger partial charge in [0.1, 0.15) is 5.75 Å². The van der Waals surface area contributed by atoms with Crippen LogP contribution in [0.2, 0.25) is 0 Å². The van der Waals surface area contributed by atoms with Crippen molar-refractivity contribution in [2.75, 3.05) is 29.4 Å². The number of nitrogen functional groups attached to an aromatic ring is 1. The topological polar surface area (TPSA) is 132 Å². The van der Waals surface area contributed by atoms with Crippen molar-refractivity contribution in [2.45, 2.75) is 5.16 Å². The minimum atomic E-state index is -0.209. The first-order chi connectivity index (χ1) is 15.1. The highest BCUT2D eigenvalue weighted by Crippen LogP contribution is 2.25. The standard InChI is InChI=1S/C19H18N8O2S2/c1-29-13-8-6-12(7-9-13)10-21-24-17-25-26-19(27(17)20)30-11-16(28)23-18-22-14-4-2-3-5-15(14)31-18/h2-10H,11,20H2,1H3,(H,24,25)(H,22,23,28)/b21-10+. The molecule has 0 radical (unpaired) electrons. The molecule has 4 N–H and O–H groups in total. The zero-order valence-corrected chi connectivity index (χ0v) is 18.0. The van der Waals surface area contributed by atoms with Crippen LogP contribution >= 0.6 is 23.1 Å². The Bertz CT molecular complexity index is 1190. The molecular formula is C19H18N8O2S2. The summed E-state index contributed by atoms with van der Waals surface area (Å²) in [5.74, 6) is 6.90. The number of fused-ring (bicyclic) bond motifs is 1. The summed E-state index contributed by atoms with van der Waals surface area (Å²) in [5, 5.41) is 15.7. The fraction of sp³-hybridized carbons (Fsp3) is 0.105. The third-order valence-corrected chi connectivity index (χ3v) is 5.93. The summed E-state index contributed by atoms with van der Waals surface area (Å²) in [7, 11) is 1.61. The van der Waals surface area contributed by atoms with Crippen molar-refractivity contribution in [3.8, 4) is 5.75 Å². The molecule has 0 spiro atoms. The van der Waals surface area contributed by atoms with Gasteiger partial charge in [0.25, 0.3) is 5.95 Å². The quantitative estimate of drug-likeness (QED) is 0.160. The van der Waals surface area contributed by atoms with E-state index in [2.05, 4.69) is 31.0 Å². The molecule has 158 valence electrons. The minimum absolute atomic E-state index is 0.111. The second-order valence-electron chi connectivity index (χ2n) is 6.14. The Kier molecular flexibility index (Phi) is 6.29. The lowest BCUT2D eigenvalue weighted by Gasteiger charge is -2.03. The number of aromatic nitrogens is 4. The van der Waals surface area contributed by atoms with E-state index in [-0.39, 0.29) is 17.6 Å². The minimum Gasteiger partial charge on any atom is -0.497 e. The molecule has 0 aliphatic carbocycles. The molecule has 0 saturated carbocycles. The van der Waals surface area contributed by atoms with Gasteiger partial charge in [-0.25, -0.2) is 15.1 Å². The molecule has 2 aromatic heterocycles. The number of carbonyl (C=O) groups is 1. The van der Waals surface area contributed by atoms with Crippen molar-refractivity contribution in [1.29, 1.82) is 0 Å². The van der Waals surface area contributed by atoms with Gasteiger partial charge >= 0.3 is 0 Å². The van der Waals surface area contributed by atoms with Crippen molar-refractivity contribution in [3.05, 3.63) is 54.1 Å². The lowest BCUT2D eigenvalue weighted by molar-refractivity contribution is -0.113. The Morgan fingerprint density at radius 1 is 1.26 bits per heavy atom. The number of anilines is 2. The summed E-state index contributed by atoms with van der Waals surface area (Å²) < 4.78 is 7.37. The van der Waals surface area contributed by atoms with Crippen LogP contribution in [-0.2, 0) is 4.79 Å². The van der Waals surface area contributed by atoms with E-state index >= 15 is 0 Å². The number of thioether (sulfide) groups is 1. The van der Waals surface area contributed by atoms with Crippen molar-refractivity contribution in [1.82, 2.24) is 19.9 Å². The molecule has 2 aromatic carbocycles. The molecule has 4 rings (SSSR count). The number of nitrogens with zero attached hydrogens (tertiary/aromatic N) is 5. The summed E-state index contributed by atoms with van der Waals surface area (Å²) >= 11 is 2.58. The van der Waals surface area contributed by atoms with E-state index in [0.717, 1.165) is 33.3 Å². The number of para-hydroxylation sites is 1. The van der Waals surface area contributed by atoms with E-state index < -0.39 is 0 Å². The van der Waals surface area contributed by atoms with Gasteiger partial charge in [-0.2, -0.15) is 5.10 Å². The lowest BCUT2D eigenvalue weighted by Crippen LogP contribution is -2.16. The SMILES string of the molecule is COc1ccc(/C=N/Nc2nnc(SCC(=O)Nc3nc4ccccc4s3)n2N)cc1. The van der Waals surface area contributed by atoms with Gasteiger partial charge in [-0.05, 0) is 42.0 Å². The van der Waals surface area contributed by atoms with E-state index in [1.807, 2.05) is 48.5 Å². The first-order valence-corrected chi connectivity index (χ1v) is 10.8. The summed E-state index contributed by atoms with van der Waals surface area (Å²) in [6, 6.07) is 15.1. The van der Waals surface area contributed by atoms with E-state index in [4.69, 9.17) is 10.6 Å². The Morgan fingerprint density at radius 2 is 2.06 bits per heavy atom. The molecule has 0 bridgehead atoms. The Hall–Kier alpha value is -3.64. The van der Waals surface area contributed by atoms with Crippen LogP contribution in [0.3, 0.4) is 0 Å². The number of nitrogens with two attached hydrogens (primary N) is 1. The first-order valence-electron chi connectivity index (χ1n) is 9.04. The average Bonchev–Trinajstić information content (AvgIpc) is 3.35.